The number of ether oxygens (including phenoxy) is 1. The van der Waals surface area contributed by atoms with Gasteiger partial charge in [0.05, 0.1) is 6.61 Å². The molecule has 4 aromatic rings. The number of carbonyl (C=O) groups excluding carboxylic acids is 1. The molecule has 5 heteroatoms. The minimum absolute atomic E-state index is 0.182. The summed E-state index contributed by atoms with van der Waals surface area (Å²) in [7, 11) is 1.64. The van der Waals surface area contributed by atoms with Crippen LogP contribution >= 0.6 is 0 Å². The van der Waals surface area contributed by atoms with Gasteiger partial charge in [-0.25, -0.2) is 4.98 Å². The topological polar surface area (TPSA) is 55.6 Å². The molecule has 0 bridgehead atoms. The van der Waals surface area contributed by atoms with Crippen molar-refractivity contribution in [3.63, 3.8) is 0 Å². The average molecular weight is 371 g/mol. The van der Waals surface area contributed by atoms with Crippen LogP contribution in [0.3, 0.4) is 0 Å². The third-order valence-corrected chi connectivity index (χ3v) is 4.62. The molecule has 28 heavy (non-hydrogen) atoms. The van der Waals surface area contributed by atoms with Crippen molar-refractivity contribution >= 4 is 17.4 Å². The van der Waals surface area contributed by atoms with Gasteiger partial charge >= 0.3 is 0 Å². The number of amides is 1. The largest absolute Gasteiger partial charge is 0.380 e. The van der Waals surface area contributed by atoms with E-state index in [-0.39, 0.29) is 5.91 Å². The van der Waals surface area contributed by atoms with Gasteiger partial charge in [-0.15, -0.1) is 0 Å². The van der Waals surface area contributed by atoms with Crippen molar-refractivity contribution in [3.8, 4) is 11.3 Å². The molecule has 2 aromatic heterocycles. The number of imidazole rings is 1. The van der Waals surface area contributed by atoms with Gasteiger partial charge < -0.3 is 10.1 Å². The molecule has 1 amide bonds. The van der Waals surface area contributed by atoms with Gasteiger partial charge in [-0.05, 0) is 36.2 Å². The lowest BCUT2D eigenvalue weighted by Gasteiger charge is -2.09. The number of aryl methyl sites for hydroxylation is 1. The number of nitrogens with zero attached hydrogens (tertiary/aromatic N) is 2. The zero-order valence-corrected chi connectivity index (χ0v) is 15.8. The van der Waals surface area contributed by atoms with E-state index in [0.717, 1.165) is 28.0 Å². The molecule has 1 N–H and O–H groups in total. The number of aromatic nitrogens is 2. The second-order valence-corrected chi connectivity index (χ2v) is 6.65. The first-order chi connectivity index (χ1) is 13.7. The molecule has 0 unspecified atom stereocenters. The van der Waals surface area contributed by atoms with Crippen LogP contribution in [0.1, 0.15) is 21.5 Å². The van der Waals surface area contributed by atoms with E-state index in [1.807, 2.05) is 78.2 Å². The van der Waals surface area contributed by atoms with Crippen molar-refractivity contribution in [2.75, 3.05) is 12.4 Å². The van der Waals surface area contributed by atoms with Crippen LogP contribution in [0.5, 0.6) is 0 Å². The maximum atomic E-state index is 13.0. The maximum absolute atomic E-state index is 13.0. The minimum atomic E-state index is -0.182. The standard InChI is InChI=1S/C23H21N3O2/c1-16-8-7-13-26-21(16)24-20(18-10-4-3-5-11-18)22(26)25-23(27)19-12-6-9-17(14-19)15-28-2/h3-14H,15H2,1-2H3,(H,25,27). The second kappa shape index (κ2) is 7.66. The summed E-state index contributed by atoms with van der Waals surface area (Å²) < 4.78 is 7.10. The molecule has 5 nitrogen and oxygen atoms in total. The molecular weight excluding hydrogens is 350 g/mol. The van der Waals surface area contributed by atoms with Gasteiger partial charge in [0.25, 0.3) is 5.91 Å². The summed E-state index contributed by atoms with van der Waals surface area (Å²) in [6.07, 6.45) is 1.92. The van der Waals surface area contributed by atoms with Gasteiger partial charge in [-0.2, -0.15) is 0 Å². The first-order valence-corrected chi connectivity index (χ1v) is 9.09. The Labute approximate surface area is 163 Å². The highest BCUT2D eigenvalue weighted by atomic mass is 16.5. The van der Waals surface area contributed by atoms with Gasteiger partial charge in [-0.1, -0.05) is 48.5 Å². The number of nitrogens with one attached hydrogen (secondary N) is 1. The number of rotatable bonds is 5. The van der Waals surface area contributed by atoms with Crippen molar-refractivity contribution in [1.82, 2.24) is 9.38 Å². The molecule has 0 aliphatic carbocycles. The first-order valence-electron chi connectivity index (χ1n) is 9.09. The maximum Gasteiger partial charge on any atom is 0.256 e. The van der Waals surface area contributed by atoms with Gasteiger partial charge in [-0.3, -0.25) is 9.20 Å². The van der Waals surface area contributed by atoms with Crippen LogP contribution in [0.2, 0.25) is 0 Å². The summed E-state index contributed by atoms with van der Waals surface area (Å²) in [4.78, 5) is 17.8. The second-order valence-electron chi connectivity index (χ2n) is 6.65. The Hall–Kier alpha value is -3.44. The number of methoxy groups -OCH3 is 1. The lowest BCUT2D eigenvalue weighted by Crippen LogP contribution is -2.14. The van der Waals surface area contributed by atoms with E-state index < -0.39 is 0 Å². The number of benzene rings is 2. The van der Waals surface area contributed by atoms with Crippen LogP contribution < -0.4 is 5.32 Å². The number of hydrogen-bond donors (Lipinski definition) is 1. The molecule has 2 heterocycles. The highest BCUT2D eigenvalue weighted by Crippen LogP contribution is 2.30. The molecule has 0 aliphatic heterocycles. The van der Waals surface area contributed by atoms with Gasteiger partial charge in [0.1, 0.15) is 17.2 Å². The molecule has 0 spiro atoms. The number of anilines is 1. The van der Waals surface area contributed by atoms with Gasteiger partial charge in [0.15, 0.2) is 0 Å². The summed E-state index contributed by atoms with van der Waals surface area (Å²) in [6.45, 7) is 2.47. The zero-order valence-electron chi connectivity index (χ0n) is 15.8. The van der Waals surface area contributed by atoms with E-state index in [0.29, 0.717) is 18.0 Å². The van der Waals surface area contributed by atoms with Crippen LogP contribution in [-0.2, 0) is 11.3 Å². The Morgan fingerprint density at radius 1 is 1.07 bits per heavy atom. The Morgan fingerprint density at radius 3 is 2.68 bits per heavy atom. The molecular formula is C23H21N3O2. The monoisotopic (exact) mass is 371 g/mol. The van der Waals surface area contributed by atoms with E-state index >= 15 is 0 Å². The Balaban J connectivity index is 1.78. The Morgan fingerprint density at radius 2 is 1.89 bits per heavy atom. The van der Waals surface area contributed by atoms with E-state index in [1.54, 1.807) is 13.2 Å². The third kappa shape index (κ3) is 3.40. The first kappa shape index (κ1) is 17.9. The fourth-order valence-electron chi connectivity index (χ4n) is 3.27. The fourth-order valence-corrected chi connectivity index (χ4v) is 3.27. The summed E-state index contributed by atoms with van der Waals surface area (Å²) in [5, 5.41) is 3.07. The molecule has 0 aliphatic rings. The van der Waals surface area contributed by atoms with Crippen molar-refractivity contribution in [2.45, 2.75) is 13.5 Å². The van der Waals surface area contributed by atoms with E-state index in [4.69, 9.17) is 9.72 Å². The molecule has 0 saturated heterocycles. The van der Waals surface area contributed by atoms with Crippen molar-refractivity contribution in [1.29, 1.82) is 0 Å². The quantitative estimate of drug-likeness (QED) is 0.553. The molecule has 4 rings (SSSR count). The zero-order chi connectivity index (χ0) is 19.5. The minimum Gasteiger partial charge on any atom is -0.380 e. The molecule has 0 radical (unpaired) electrons. The summed E-state index contributed by atoms with van der Waals surface area (Å²) in [5.41, 5.74) is 5.10. The highest BCUT2D eigenvalue weighted by Gasteiger charge is 2.18. The molecule has 2 aromatic carbocycles. The van der Waals surface area contributed by atoms with Crippen molar-refractivity contribution in [2.24, 2.45) is 0 Å². The smallest absolute Gasteiger partial charge is 0.256 e. The SMILES string of the molecule is COCc1cccc(C(=O)Nc2c(-c3ccccc3)nc3c(C)cccn23)c1. The molecule has 0 atom stereocenters. The fraction of sp³-hybridized carbons (Fsp3) is 0.130. The van der Waals surface area contributed by atoms with Crippen molar-refractivity contribution in [3.05, 3.63) is 89.6 Å². The molecule has 140 valence electrons. The number of carbonyl (C=O) groups is 1. The van der Waals surface area contributed by atoms with Gasteiger partial charge in [0, 0.05) is 24.4 Å². The summed E-state index contributed by atoms with van der Waals surface area (Å²) in [5.74, 6) is 0.477. The summed E-state index contributed by atoms with van der Waals surface area (Å²) >= 11 is 0. The molecule has 0 fully saturated rings. The van der Waals surface area contributed by atoms with Crippen LogP contribution in [-0.4, -0.2) is 22.4 Å². The number of hydrogen-bond acceptors (Lipinski definition) is 3. The van der Waals surface area contributed by atoms with E-state index in [2.05, 4.69) is 5.32 Å². The predicted octanol–water partition coefficient (Wildman–Crippen LogP) is 4.71. The Bertz CT molecular complexity index is 1130. The average Bonchev–Trinajstić information content (AvgIpc) is 3.09. The normalized spacial score (nSPS) is 10.9. The van der Waals surface area contributed by atoms with E-state index in [9.17, 15) is 4.79 Å². The van der Waals surface area contributed by atoms with Gasteiger partial charge in [0.2, 0.25) is 0 Å². The highest BCUT2D eigenvalue weighted by molar-refractivity contribution is 6.06. The van der Waals surface area contributed by atoms with E-state index in [1.165, 1.54) is 0 Å². The van der Waals surface area contributed by atoms with Crippen LogP contribution in [0.15, 0.2) is 72.9 Å². The van der Waals surface area contributed by atoms with Crippen LogP contribution in [0.4, 0.5) is 5.82 Å². The molecule has 0 saturated carbocycles. The Kier molecular flexibility index (Phi) is 4.91. The van der Waals surface area contributed by atoms with Crippen LogP contribution in [0, 0.1) is 6.92 Å². The lowest BCUT2D eigenvalue weighted by atomic mass is 10.1. The van der Waals surface area contributed by atoms with Crippen molar-refractivity contribution < 1.29 is 9.53 Å². The lowest BCUT2D eigenvalue weighted by molar-refractivity contribution is 0.102. The summed E-state index contributed by atoms with van der Waals surface area (Å²) in [6, 6.07) is 21.3. The number of pyridine rings is 1. The number of fused-ring (bicyclic) bond motifs is 1. The predicted molar refractivity (Wildman–Crippen MR) is 110 cm³/mol. The third-order valence-electron chi connectivity index (χ3n) is 4.62. The van der Waals surface area contributed by atoms with Crippen LogP contribution in [0.25, 0.3) is 16.9 Å².